The van der Waals surface area contributed by atoms with E-state index in [0.29, 0.717) is 30.8 Å². The summed E-state index contributed by atoms with van der Waals surface area (Å²) in [5.74, 6) is 0.336. The number of hydrogen-bond donors (Lipinski definition) is 1. The first-order valence-corrected chi connectivity index (χ1v) is 7.92. The molecule has 4 nitrogen and oxygen atoms in total. The molecule has 1 amide bonds. The van der Waals surface area contributed by atoms with Gasteiger partial charge >= 0.3 is 0 Å². The first kappa shape index (κ1) is 17.9. The van der Waals surface area contributed by atoms with E-state index in [1.165, 1.54) is 6.07 Å². The van der Waals surface area contributed by atoms with Crippen LogP contribution in [-0.4, -0.2) is 31.5 Å². The number of ether oxygens (including phenoxy) is 1. The minimum Gasteiger partial charge on any atom is -0.494 e. The van der Waals surface area contributed by atoms with E-state index in [-0.39, 0.29) is 11.7 Å². The lowest BCUT2D eigenvalue weighted by molar-refractivity contribution is 0.0951. The lowest BCUT2D eigenvalue weighted by Crippen LogP contribution is -2.23. The van der Waals surface area contributed by atoms with Crippen LogP contribution in [0.3, 0.4) is 0 Å². The monoisotopic (exact) mass is 330 g/mol. The van der Waals surface area contributed by atoms with Crippen molar-refractivity contribution >= 4 is 5.91 Å². The number of benzene rings is 2. The zero-order valence-corrected chi connectivity index (χ0v) is 14.3. The van der Waals surface area contributed by atoms with Gasteiger partial charge < -0.3 is 15.0 Å². The van der Waals surface area contributed by atoms with Crippen molar-refractivity contribution in [2.24, 2.45) is 0 Å². The minimum absolute atomic E-state index is 0.170. The van der Waals surface area contributed by atoms with Crippen LogP contribution in [0.1, 0.15) is 28.4 Å². The van der Waals surface area contributed by atoms with Crippen molar-refractivity contribution in [3.63, 3.8) is 0 Å². The lowest BCUT2D eigenvalue weighted by atomic mass is 10.1. The van der Waals surface area contributed by atoms with Gasteiger partial charge in [-0.1, -0.05) is 6.07 Å². The second kappa shape index (κ2) is 8.45. The van der Waals surface area contributed by atoms with Gasteiger partial charge in [0, 0.05) is 24.2 Å². The maximum absolute atomic E-state index is 13.8. The van der Waals surface area contributed by atoms with Crippen LogP contribution in [-0.2, 0) is 13.1 Å². The number of hydrogen-bond acceptors (Lipinski definition) is 3. The molecule has 128 valence electrons. The standard InChI is InChI=1S/C19H23FN2O2/c1-4-24-17-8-6-15(7-9-17)19(23)21-12-14-5-10-18(20)16(11-14)13-22(2)3/h5-11H,4,12-13H2,1-3H3,(H,21,23). The van der Waals surface area contributed by atoms with Crippen LogP contribution in [0.4, 0.5) is 4.39 Å². The zero-order valence-electron chi connectivity index (χ0n) is 14.3. The number of rotatable bonds is 7. The number of halogens is 1. The minimum atomic E-state index is -0.231. The molecule has 2 aromatic rings. The molecule has 0 saturated carbocycles. The van der Waals surface area contributed by atoms with Crippen molar-refractivity contribution in [1.82, 2.24) is 10.2 Å². The second-order valence-corrected chi connectivity index (χ2v) is 5.80. The molecule has 0 aliphatic heterocycles. The van der Waals surface area contributed by atoms with E-state index in [1.807, 2.05) is 25.9 Å². The third-order valence-corrected chi connectivity index (χ3v) is 3.48. The van der Waals surface area contributed by atoms with Gasteiger partial charge in [-0.2, -0.15) is 0 Å². The van der Waals surface area contributed by atoms with Crippen LogP contribution in [0.15, 0.2) is 42.5 Å². The molecular weight excluding hydrogens is 307 g/mol. The van der Waals surface area contributed by atoms with Gasteiger partial charge in [0.25, 0.3) is 5.91 Å². The fourth-order valence-electron chi connectivity index (χ4n) is 2.35. The Labute approximate surface area is 142 Å². The first-order chi connectivity index (χ1) is 11.5. The van der Waals surface area contributed by atoms with Gasteiger partial charge in [0.1, 0.15) is 11.6 Å². The van der Waals surface area contributed by atoms with Crippen LogP contribution >= 0.6 is 0 Å². The van der Waals surface area contributed by atoms with Crippen LogP contribution in [0.5, 0.6) is 5.75 Å². The van der Waals surface area contributed by atoms with Gasteiger partial charge in [-0.3, -0.25) is 4.79 Å². The summed E-state index contributed by atoms with van der Waals surface area (Å²) in [5, 5.41) is 2.85. The highest BCUT2D eigenvalue weighted by Crippen LogP contribution is 2.14. The fourth-order valence-corrected chi connectivity index (χ4v) is 2.35. The molecule has 0 fully saturated rings. The van der Waals surface area contributed by atoms with E-state index in [2.05, 4.69) is 5.32 Å². The summed E-state index contributed by atoms with van der Waals surface area (Å²) < 4.78 is 19.1. The van der Waals surface area contributed by atoms with Gasteiger partial charge in [-0.05, 0) is 63.0 Å². The number of carbonyl (C=O) groups excluding carboxylic acids is 1. The summed E-state index contributed by atoms with van der Waals surface area (Å²) in [4.78, 5) is 14.1. The van der Waals surface area contributed by atoms with E-state index in [9.17, 15) is 9.18 Å². The zero-order chi connectivity index (χ0) is 17.5. The van der Waals surface area contributed by atoms with E-state index in [4.69, 9.17) is 4.74 Å². The van der Waals surface area contributed by atoms with Crippen LogP contribution in [0.25, 0.3) is 0 Å². The molecule has 2 rings (SSSR count). The average molecular weight is 330 g/mol. The number of carbonyl (C=O) groups is 1. The van der Waals surface area contributed by atoms with Gasteiger partial charge in [0.05, 0.1) is 6.61 Å². The van der Waals surface area contributed by atoms with E-state index in [1.54, 1.807) is 36.4 Å². The highest BCUT2D eigenvalue weighted by molar-refractivity contribution is 5.94. The maximum Gasteiger partial charge on any atom is 0.251 e. The lowest BCUT2D eigenvalue weighted by Gasteiger charge is -2.12. The van der Waals surface area contributed by atoms with E-state index >= 15 is 0 Å². The largest absolute Gasteiger partial charge is 0.494 e. The molecule has 0 heterocycles. The molecule has 2 aromatic carbocycles. The van der Waals surface area contributed by atoms with Crippen molar-refractivity contribution in [1.29, 1.82) is 0 Å². The Morgan fingerprint density at radius 2 is 1.88 bits per heavy atom. The number of amides is 1. The highest BCUT2D eigenvalue weighted by Gasteiger charge is 2.08. The SMILES string of the molecule is CCOc1ccc(C(=O)NCc2ccc(F)c(CN(C)C)c2)cc1. The third kappa shape index (κ3) is 5.06. The van der Waals surface area contributed by atoms with Crippen molar-refractivity contribution in [3.8, 4) is 5.75 Å². The molecule has 5 heteroatoms. The smallest absolute Gasteiger partial charge is 0.251 e. The molecule has 0 atom stereocenters. The van der Waals surface area contributed by atoms with Crippen LogP contribution in [0, 0.1) is 5.82 Å². The Kier molecular flexibility index (Phi) is 6.32. The predicted molar refractivity (Wildman–Crippen MR) is 92.6 cm³/mol. The number of nitrogens with zero attached hydrogens (tertiary/aromatic N) is 1. The van der Waals surface area contributed by atoms with Gasteiger partial charge in [0.15, 0.2) is 0 Å². The summed E-state index contributed by atoms with van der Waals surface area (Å²) in [6.45, 7) is 3.37. The Bertz CT molecular complexity index is 684. The molecule has 0 aromatic heterocycles. The van der Waals surface area contributed by atoms with Crippen molar-refractivity contribution in [2.45, 2.75) is 20.0 Å². The topological polar surface area (TPSA) is 41.6 Å². The van der Waals surface area contributed by atoms with Gasteiger partial charge in [-0.15, -0.1) is 0 Å². The fraction of sp³-hybridized carbons (Fsp3) is 0.316. The predicted octanol–water partition coefficient (Wildman–Crippen LogP) is 3.22. The van der Waals surface area contributed by atoms with Crippen molar-refractivity contribution in [2.75, 3.05) is 20.7 Å². The Hall–Kier alpha value is -2.40. The first-order valence-electron chi connectivity index (χ1n) is 7.92. The Balaban J connectivity index is 1.98. The van der Waals surface area contributed by atoms with Crippen LogP contribution in [0.2, 0.25) is 0 Å². The van der Waals surface area contributed by atoms with E-state index < -0.39 is 0 Å². The molecule has 0 radical (unpaired) electrons. The summed E-state index contributed by atoms with van der Waals surface area (Å²) in [6.07, 6.45) is 0. The molecule has 1 N–H and O–H groups in total. The quantitative estimate of drug-likeness (QED) is 0.847. The average Bonchev–Trinajstić information content (AvgIpc) is 2.56. The number of nitrogens with one attached hydrogen (secondary N) is 1. The maximum atomic E-state index is 13.8. The summed E-state index contributed by atoms with van der Waals surface area (Å²) in [6, 6.07) is 11.9. The van der Waals surface area contributed by atoms with Crippen molar-refractivity contribution in [3.05, 3.63) is 65.0 Å². The molecule has 0 bridgehead atoms. The molecular formula is C19H23FN2O2. The van der Waals surface area contributed by atoms with E-state index in [0.717, 1.165) is 11.3 Å². The summed E-state index contributed by atoms with van der Waals surface area (Å²) in [5.41, 5.74) is 2.05. The molecule has 0 aliphatic carbocycles. The van der Waals surface area contributed by atoms with Crippen LogP contribution < -0.4 is 10.1 Å². The third-order valence-electron chi connectivity index (χ3n) is 3.48. The molecule has 0 saturated heterocycles. The summed E-state index contributed by atoms with van der Waals surface area (Å²) >= 11 is 0. The molecule has 0 spiro atoms. The second-order valence-electron chi connectivity index (χ2n) is 5.80. The highest BCUT2D eigenvalue weighted by atomic mass is 19.1. The molecule has 24 heavy (non-hydrogen) atoms. The Morgan fingerprint density at radius 1 is 1.17 bits per heavy atom. The summed E-state index contributed by atoms with van der Waals surface area (Å²) in [7, 11) is 3.78. The Morgan fingerprint density at radius 3 is 2.50 bits per heavy atom. The molecule has 0 aliphatic rings. The van der Waals surface area contributed by atoms with Crippen molar-refractivity contribution < 1.29 is 13.9 Å². The molecule has 0 unspecified atom stereocenters. The van der Waals surface area contributed by atoms with Gasteiger partial charge in [0.2, 0.25) is 0 Å². The van der Waals surface area contributed by atoms with Gasteiger partial charge in [-0.25, -0.2) is 4.39 Å². The normalized spacial score (nSPS) is 10.7.